The molecule has 1 saturated heterocycles. The third-order valence-corrected chi connectivity index (χ3v) is 7.90. The van der Waals surface area contributed by atoms with E-state index in [1.54, 1.807) is 12.1 Å². The highest BCUT2D eigenvalue weighted by Gasteiger charge is 2.46. The van der Waals surface area contributed by atoms with Crippen molar-refractivity contribution >= 4 is 5.97 Å². The molecule has 2 aromatic carbocycles. The van der Waals surface area contributed by atoms with Crippen molar-refractivity contribution in [2.75, 3.05) is 13.6 Å². The second kappa shape index (κ2) is 15.9. The van der Waals surface area contributed by atoms with Gasteiger partial charge < -0.3 is 9.47 Å². The van der Waals surface area contributed by atoms with Crippen molar-refractivity contribution < 1.29 is 18.7 Å². The Bertz CT molecular complexity index is 966. The Labute approximate surface area is 229 Å². The predicted molar refractivity (Wildman–Crippen MR) is 153 cm³/mol. The minimum absolute atomic E-state index is 0.108. The summed E-state index contributed by atoms with van der Waals surface area (Å²) >= 11 is 0. The van der Waals surface area contributed by atoms with Gasteiger partial charge in [0.25, 0.3) is 0 Å². The van der Waals surface area contributed by atoms with E-state index in [1.165, 1.54) is 56.6 Å². The van der Waals surface area contributed by atoms with Gasteiger partial charge in [-0.2, -0.15) is 0 Å². The summed E-state index contributed by atoms with van der Waals surface area (Å²) in [7, 11) is 2.02. The fourth-order valence-electron chi connectivity index (χ4n) is 5.53. The van der Waals surface area contributed by atoms with Gasteiger partial charge in [0, 0.05) is 19.4 Å². The zero-order valence-electron chi connectivity index (χ0n) is 23.9. The van der Waals surface area contributed by atoms with Crippen LogP contribution in [0, 0.1) is 5.82 Å². The third kappa shape index (κ3) is 9.41. The van der Waals surface area contributed by atoms with Crippen LogP contribution in [0.25, 0.3) is 0 Å². The summed E-state index contributed by atoms with van der Waals surface area (Å²) in [6.45, 7) is 4.97. The first kappa shape index (κ1) is 30.1. The fraction of sp³-hybridized carbons (Fsp3) is 0.606. The van der Waals surface area contributed by atoms with Crippen LogP contribution in [-0.4, -0.2) is 36.3 Å². The van der Waals surface area contributed by atoms with Crippen LogP contribution in [0.4, 0.5) is 4.39 Å². The van der Waals surface area contributed by atoms with Gasteiger partial charge in [-0.1, -0.05) is 95.5 Å². The van der Waals surface area contributed by atoms with E-state index in [1.807, 2.05) is 25.2 Å². The van der Waals surface area contributed by atoms with Crippen molar-refractivity contribution in [3.05, 3.63) is 65.5 Å². The predicted octanol–water partition coefficient (Wildman–Crippen LogP) is 8.26. The monoisotopic (exact) mass is 525 g/mol. The lowest BCUT2D eigenvalue weighted by molar-refractivity contribution is -0.148. The van der Waals surface area contributed by atoms with Gasteiger partial charge in [-0.15, -0.1) is 0 Å². The van der Waals surface area contributed by atoms with Gasteiger partial charge in [0.05, 0.1) is 0 Å². The van der Waals surface area contributed by atoms with Gasteiger partial charge in [0.15, 0.2) is 5.72 Å². The van der Waals surface area contributed by atoms with E-state index in [9.17, 15) is 9.18 Å². The van der Waals surface area contributed by atoms with Crippen LogP contribution in [0.3, 0.4) is 0 Å². The molecule has 2 atom stereocenters. The number of rotatable bonds is 17. The van der Waals surface area contributed by atoms with E-state index >= 15 is 0 Å². The van der Waals surface area contributed by atoms with Crippen molar-refractivity contribution in [1.29, 1.82) is 0 Å². The van der Waals surface area contributed by atoms with Crippen molar-refractivity contribution in [1.82, 2.24) is 4.90 Å². The Balaban J connectivity index is 1.49. The maximum Gasteiger partial charge on any atom is 0.306 e. The second-order valence-electron chi connectivity index (χ2n) is 10.9. The Morgan fingerprint density at radius 1 is 0.947 bits per heavy atom. The molecule has 0 aromatic heterocycles. The zero-order valence-corrected chi connectivity index (χ0v) is 23.9. The fourth-order valence-corrected chi connectivity index (χ4v) is 5.53. The highest BCUT2D eigenvalue weighted by atomic mass is 19.1. The maximum absolute atomic E-state index is 14.2. The number of benzene rings is 2. The molecule has 3 rings (SSSR count). The molecular formula is C33H48FNO3. The molecule has 0 bridgehead atoms. The largest absolute Gasteiger partial charge is 0.472 e. The van der Waals surface area contributed by atoms with Crippen LogP contribution < -0.4 is 4.74 Å². The SMILES string of the molecule is CCCCCCCCCCCC(=O)OC1CN(C)C(CC)(Oc2ccc(F)cc2CCc2ccccc2)C1. The second-order valence-corrected chi connectivity index (χ2v) is 10.9. The maximum atomic E-state index is 14.2. The molecule has 210 valence electrons. The Hall–Kier alpha value is -2.40. The molecule has 0 amide bonds. The number of hydrogen-bond donors (Lipinski definition) is 0. The molecular weight excluding hydrogens is 477 g/mol. The molecule has 1 fully saturated rings. The number of carbonyl (C=O) groups is 1. The number of nitrogens with zero attached hydrogens (tertiary/aromatic N) is 1. The van der Waals surface area contributed by atoms with Crippen molar-refractivity contribution in [2.45, 2.75) is 116 Å². The number of esters is 1. The number of likely N-dealkylation sites (tertiary alicyclic amines) is 1. The molecule has 2 unspecified atom stereocenters. The molecule has 5 heteroatoms. The minimum atomic E-state index is -0.581. The first-order valence-corrected chi connectivity index (χ1v) is 14.9. The summed E-state index contributed by atoms with van der Waals surface area (Å²) in [6, 6.07) is 15.0. The molecule has 38 heavy (non-hydrogen) atoms. The Kier molecular flexibility index (Phi) is 12.6. The van der Waals surface area contributed by atoms with E-state index in [2.05, 4.69) is 30.9 Å². The summed E-state index contributed by atoms with van der Waals surface area (Å²) < 4.78 is 26.7. The highest BCUT2D eigenvalue weighted by Crippen LogP contribution is 2.37. The molecule has 0 saturated carbocycles. The van der Waals surface area contributed by atoms with Gasteiger partial charge >= 0.3 is 5.97 Å². The smallest absolute Gasteiger partial charge is 0.306 e. The van der Waals surface area contributed by atoms with Crippen molar-refractivity contribution in [2.24, 2.45) is 0 Å². The number of unbranched alkanes of at least 4 members (excludes halogenated alkanes) is 8. The number of carbonyl (C=O) groups excluding carboxylic acids is 1. The van der Waals surface area contributed by atoms with E-state index in [0.29, 0.717) is 31.6 Å². The molecule has 2 aromatic rings. The molecule has 0 radical (unpaired) electrons. The molecule has 0 aliphatic carbocycles. The normalized spacial score (nSPS) is 19.5. The molecule has 1 aliphatic heterocycles. The van der Waals surface area contributed by atoms with Crippen LogP contribution in [-0.2, 0) is 22.4 Å². The topological polar surface area (TPSA) is 38.8 Å². The number of likely N-dealkylation sites (N-methyl/N-ethyl adjacent to an activating group) is 1. The quantitative estimate of drug-likeness (QED) is 0.154. The molecule has 0 spiro atoms. The van der Waals surface area contributed by atoms with Gasteiger partial charge in [0.2, 0.25) is 0 Å². The van der Waals surface area contributed by atoms with Crippen LogP contribution in [0.1, 0.15) is 102 Å². The number of aryl methyl sites for hydroxylation is 2. The summed E-state index contributed by atoms with van der Waals surface area (Å²) in [6.07, 6.45) is 14.2. The van der Waals surface area contributed by atoms with Gasteiger partial charge in [0.1, 0.15) is 17.7 Å². The zero-order chi connectivity index (χ0) is 27.2. The summed E-state index contributed by atoms with van der Waals surface area (Å²) in [5.74, 6) is 0.343. The lowest BCUT2D eigenvalue weighted by Crippen LogP contribution is -2.46. The van der Waals surface area contributed by atoms with Crippen LogP contribution in [0.5, 0.6) is 5.75 Å². The first-order valence-electron chi connectivity index (χ1n) is 14.9. The number of hydrogen-bond acceptors (Lipinski definition) is 4. The van der Waals surface area contributed by atoms with Crippen molar-refractivity contribution in [3.8, 4) is 5.75 Å². The first-order chi connectivity index (χ1) is 18.5. The van der Waals surface area contributed by atoms with Gasteiger partial charge in [-0.25, -0.2) is 4.39 Å². The minimum Gasteiger partial charge on any atom is -0.472 e. The summed E-state index contributed by atoms with van der Waals surface area (Å²) in [5, 5.41) is 0. The molecule has 4 nitrogen and oxygen atoms in total. The lowest BCUT2D eigenvalue weighted by Gasteiger charge is -2.36. The summed E-state index contributed by atoms with van der Waals surface area (Å²) in [4.78, 5) is 14.7. The third-order valence-electron chi connectivity index (χ3n) is 7.90. The summed E-state index contributed by atoms with van der Waals surface area (Å²) in [5.41, 5.74) is 1.49. The Morgan fingerprint density at radius 3 is 2.32 bits per heavy atom. The van der Waals surface area contributed by atoms with Crippen LogP contribution >= 0.6 is 0 Å². The number of ether oxygens (including phenoxy) is 2. The Morgan fingerprint density at radius 2 is 1.63 bits per heavy atom. The number of halogens is 1. The average Bonchev–Trinajstić information content (AvgIpc) is 3.22. The van der Waals surface area contributed by atoms with Crippen molar-refractivity contribution in [3.63, 3.8) is 0 Å². The van der Waals surface area contributed by atoms with Gasteiger partial charge in [-0.3, -0.25) is 9.69 Å². The standard InChI is InChI=1S/C33H48FNO3/c1-4-6-7-8-9-10-11-12-16-19-32(36)37-30-25-33(5-2,35(3)26-30)38-31-23-22-29(34)24-28(31)21-20-27-17-14-13-15-18-27/h13-15,17-18,22-24,30H,4-12,16,19-21,25-26H2,1-3H3. The van der Waals surface area contributed by atoms with Crippen LogP contribution in [0.2, 0.25) is 0 Å². The van der Waals surface area contributed by atoms with E-state index in [4.69, 9.17) is 9.47 Å². The molecule has 1 heterocycles. The van der Waals surface area contributed by atoms with E-state index in [-0.39, 0.29) is 17.9 Å². The molecule has 0 N–H and O–H groups in total. The highest BCUT2D eigenvalue weighted by molar-refractivity contribution is 5.69. The molecule has 1 aliphatic rings. The van der Waals surface area contributed by atoms with Crippen LogP contribution in [0.15, 0.2) is 48.5 Å². The van der Waals surface area contributed by atoms with Gasteiger partial charge in [-0.05, 0) is 62.1 Å². The van der Waals surface area contributed by atoms with E-state index in [0.717, 1.165) is 31.2 Å². The average molecular weight is 526 g/mol. The van der Waals surface area contributed by atoms with E-state index < -0.39 is 5.72 Å². The lowest BCUT2D eigenvalue weighted by atomic mass is 10.0.